The predicted molar refractivity (Wildman–Crippen MR) is 72.6 cm³/mol. The standard InChI is InChI=1S/C14H17ClN2O/c15-11-7-10(3-4-12(11)16)14(18)17-13-6-8-1-2-9(13)5-8/h3-4,7-9,13H,1-2,5-6,16H2,(H,17,18). The first-order valence-electron chi connectivity index (χ1n) is 6.49. The molecule has 3 atom stereocenters. The van der Waals surface area contributed by atoms with E-state index < -0.39 is 0 Å². The molecule has 2 bridgehead atoms. The first-order valence-corrected chi connectivity index (χ1v) is 6.87. The summed E-state index contributed by atoms with van der Waals surface area (Å²) in [5, 5.41) is 3.58. The number of fused-ring (bicyclic) bond motifs is 2. The lowest BCUT2D eigenvalue weighted by atomic mass is 9.95. The van der Waals surface area contributed by atoms with Gasteiger partial charge in [0.2, 0.25) is 0 Å². The number of hydrogen-bond acceptors (Lipinski definition) is 2. The molecule has 1 aromatic rings. The fraction of sp³-hybridized carbons (Fsp3) is 0.500. The minimum Gasteiger partial charge on any atom is -0.398 e. The van der Waals surface area contributed by atoms with Crippen LogP contribution in [0, 0.1) is 11.8 Å². The summed E-state index contributed by atoms with van der Waals surface area (Å²) in [7, 11) is 0. The molecule has 3 rings (SSSR count). The van der Waals surface area contributed by atoms with E-state index in [1.54, 1.807) is 18.2 Å². The second-order valence-corrected chi connectivity index (χ2v) is 5.90. The molecule has 0 aromatic heterocycles. The van der Waals surface area contributed by atoms with Gasteiger partial charge >= 0.3 is 0 Å². The molecule has 1 amide bonds. The van der Waals surface area contributed by atoms with E-state index in [9.17, 15) is 4.79 Å². The topological polar surface area (TPSA) is 55.1 Å². The number of nitrogens with one attached hydrogen (secondary N) is 1. The van der Waals surface area contributed by atoms with Crippen molar-refractivity contribution in [1.82, 2.24) is 5.32 Å². The van der Waals surface area contributed by atoms with Crippen LogP contribution < -0.4 is 11.1 Å². The average Bonchev–Trinajstić information content (AvgIpc) is 2.94. The van der Waals surface area contributed by atoms with Crippen molar-refractivity contribution in [2.24, 2.45) is 11.8 Å². The molecule has 3 N–H and O–H groups in total. The third kappa shape index (κ3) is 2.07. The van der Waals surface area contributed by atoms with Gasteiger partial charge < -0.3 is 11.1 Å². The number of amides is 1. The molecule has 0 heterocycles. The van der Waals surface area contributed by atoms with Gasteiger partial charge in [0.05, 0.1) is 10.7 Å². The van der Waals surface area contributed by atoms with Crippen LogP contribution >= 0.6 is 11.6 Å². The molecule has 3 nitrogen and oxygen atoms in total. The molecule has 2 fully saturated rings. The van der Waals surface area contributed by atoms with Crippen LogP contribution in [-0.2, 0) is 0 Å². The predicted octanol–water partition coefficient (Wildman–Crippen LogP) is 2.84. The van der Waals surface area contributed by atoms with Gasteiger partial charge in [0.15, 0.2) is 0 Å². The molecule has 4 heteroatoms. The quantitative estimate of drug-likeness (QED) is 0.807. The van der Waals surface area contributed by atoms with Crippen molar-refractivity contribution < 1.29 is 4.79 Å². The maximum Gasteiger partial charge on any atom is 0.251 e. The van der Waals surface area contributed by atoms with Gasteiger partial charge in [-0.05, 0) is 49.3 Å². The zero-order valence-corrected chi connectivity index (χ0v) is 10.9. The number of nitrogens with two attached hydrogens (primary N) is 1. The molecule has 2 aliphatic carbocycles. The van der Waals surface area contributed by atoms with Gasteiger partial charge in [-0.15, -0.1) is 0 Å². The molecular weight excluding hydrogens is 248 g/mol. The SMILES string of the molecule is Nc1ccc(C(=O)NC2CC3CCC2C3)cc1Cl. The molecule has 1 aromatic carbocycles. The lowest BCUT2D eigenvalue weighted by Gasteiger charge is -2.22. The van der Waals surface area contributed by atoms with Gasteiger partial charge in [0.1, 0.15) is 0 Å². The second-order valence-electron chi connectivity index (χ2n) is 5.49. The van der Waals surface area contributed by atoms with Crippen molar-refractivity contribution in [2.45, 2.75) is 31.7 Å². The van der Waals surface area contributed by atoms with Gasteiger partial charge in [-0.3, -0.25) is 4.79 Å². The molecule has 0 radical (unpaired) electrons. The number of carbonyl (C=O) groups is 1. The van der Waals surface area contributed by atoms with Gasteiger partial charge in [-0.1, -0.05) is 18.0 Å². The van der Waals surface area contributed by atoms with Crippen LogP contribution in [0.3, 0.4) is 0 Å². The van der Waals surface area contributed by atoms with Crippen LogP contribution in [0.25, 0.3) is 0 Å². The van der Waals surface area contributed by atoms with E-state index in [0.29, 0.717) is 28.2 Å². The number of rotatable bonds is 2. The van der Waals surface area contributed by atoms with Gasteiger partial charge in [0, 0.05) is 11.6 Å². The van der Waals surface area contributed by atoms with Crippen LogP contribution in [0.15, 0.2) is 18.2 Å². The molecule has 0 aliphatic heterocycles. The van der Waals surface area contributed by atoms with Gasteiger partial charge in [-0.2, -0.15) is 0 Å². The second kappa shape index (κ2) is 4.47. The summed E-state index contributed by atoms with van der Waals surface area (Å²) in [5.74, 6) is 1.48. The van der Waals surface area contributed by atoms with Crippen molar-refractivity contribution in [1.29, 1.82) is 0 Å². The average molecular weight is 265 g/mol. The van der Waals surface area contributed by atoms with Crippen LogP contribution in [0.2, 0.25) is 5.02 Å². The summed E-state index contributed by atoms with van der Waals surface area (Å²) in [6.45, 7) is 0. The molecule has 0 spiro atoms. The summed E-state index contributed by atoms with van der Waals surface area (Å²) < 4.78 is 0. The third-order valence-electron chi connectivity index (χ3n) is 4.32. The van der Waals surface area contributed by atoms with E-state index in [-0.39, 0.29) is 5.91 Å². The molecule has 3 unspecified atom stereocenters. The van der Waals surface area contributed by atoms with Crippen molar-refractivity contribution >= 4 is 23.2 Å². The van der Waals surface area contributed by atoms with Crippen LogP contribution in [-0.4, -0.2) is 11.9 Å². The fourth-order valence-corrected chi connectivity index (χ4v) is 3.52. The lowest BCUT2D eigenvalue weighted by Crippen LogP contribution is -2.38. The Morgan fingerprint density at radius 1 is 1.33 bits per heavy atom. The van der Waals surface area contributed by atoms with Crippen molar-refractivity contribution in [2.75, 3.05) is 5.73 Å². The van der Waals surface area contributed by atoms with E-state index >= 15 is 0 Å². The summed E-state index contributed by atoms with van der Waals surface area (Å²) in [6.07, 6.45) is 5.02. The van der Waals surface area contributed by atoms with Gasteiger partial charge in [0.25, 0.3) is 5.91 Å². The maximum absolute atomic E-state index is 12.1. The highest BCUT2D eigenvalue weighted by Gasteiger charge is 2.40. The van der Waals surface area contributed by atoms with Crippen molar-refractivity contribution in [3.8, 4) is 0 Å². The molecule has 2 aliphatic rings. The number of carbonyl (C=O) groups excluding carboxylic acids is 1. The number of anilines is 1. The molecule has 0 saturated heterocycles. The Bertz CT molecular complexity index is 489. The summed E-state index contributed by atoms with van der Waals surface area (Å²) in [6, 6.07) is 5.40. The third-order valence-corrected chi connectivity index (χ3v) is 4.64. The Labute approximate surface area is 112 Å². The number of nitrogen functional groups attached to an aromatic ring is 1. The largest absolute Gasteiger partial charge is 0.398 e. The highest BCUT2D eigenvalue weighted by molar-refractivity contribution is 6.33. The summed E-state index contributed by atoms with van der Waals surface area (Å²) in [4.78, 5) is 12.1. The number of halogens is 1. The Morgan fingerprint density at radius 3 is 2.78 bits per heavy atom. The van der Waals surface area contributed by atoms with Gasteiger partial charge in [-0.25, -0.2) is 0 Å². The summed E-state index contributed by atoms with van der Waals surface area (Å²) >= 11 is 5.93. The van der Waals surface area contributed by atoms with E-state index in [4.69, 9.17) is 17.3 Å². The summed E-state index contributed by atoms with van der Waals surface area (Å²) in [5.41, 5.74) is 6.74. The first kappa shape index (κ1) is 11.8. The molecule has 96 valence electrons. The first-order chi connectivity index (χ1) is 8.63. The Hall–Kier alpha value is -1.22. The number of benzene rings is 1. The Balaban J connectivity index is 1.69. The molecular formula is C14H17ClN2O. The lowest BCUT2D eigenvalue weighted by molar-refractivity contribution is 0.0923. The Kier molecular flexibility index (Phi) is 2.94. The zero-order chi connectivity index (χ0) is 12.7. The maximum atomic E-state index is 12.1. The van der Waals surface area contributed by atoms with Crippen LogP contribution in [0.1, 0.15) is 36.0 Å². The van der Waals surface area contributed by atoms with Crippen molar-refractivity contribution in [3.05, 3.63) is 28.8 Å². The van der Waals surface area contributed by atoms with Crippen LogP contribution in [0.5, 0.6) is 0 Å². The minimum absolute atomic E-state index is 0.0329. The minimum atomic E-state index is -0.0329. The smallest absolute Gasteiger partial charge is 0.251 e. The highest BCUT2D eigenvalue weighted by atomic mass is 35.5. The fourth-order valence-electron chi connectivity index (χ4n) is 3.34. The van der Waals surface area contributed by atoms with Crippen LogP contribution in [0.4, 0.5) is 5.69 Å². The Morgan fingerprint density at radius 2 is 2.17 bits per heavy atom. The molecule has 18 heavy (non-hydrogen) atoms. The monoisotopic (exact) mass is 264 g/mol. The molecule has 2 saturated carbocycles. The van der Waals surface area contributed by atoms with E-state index in [0.717, 1.165) is 12.3 Å². The van der Waals surface area contributed by atoms with E-state index in [1.807, 2.05) is 0 Å². The number of hydrogen-bond donors (Lipinski definition) is 2. The zero-order valence-electron chi connectivity index (χ0n) is 10.2. The van der Waals surface area contributed by atoms with E-state index in [2.05, 4.69) is 5.32 Å². The normalized spacial score (nSPS) is 29.5. The van der Waals surface area contributed by atoms with E-state index in [1.165, 1.54) is 19.3 Å². The highest BCUT2D eigenvalue weighted by Crippen LogP contribution is 2.44. The van der Waals surface area contributed by atoms with Crippen molar-refractivity contribution in [3.63, 3.8) is 0 Å².